The zero-order valence-electron chi connectivity index (χ0n) is 8.87. The Morgan fingerprint density at radius 1 is 1.50 bits per heavy atom. The monoisotopic (exact) mass is 331 g/mol. The highest BCUT2D eigenvalue weighted by Gasteiger charge is 2.42. The molecule has 0 radical (unpaired) electrons. The van der Waals surface area contributed by atoms with Crippen LogP contribution in [-0.4, -0.2) is 24.2 Å². The molecule has 1 aliphatic rings. The van der Waals surface area contributed by atoms with E-state index >= 15 is 0 Å². The molecule has 2 N–H and O–H groups in total. The van der Waals surface area contributed by atoms with Gasteiger partial charge in [-0.3, -0.25) is 4.79 Å². The molecule has 0 atom stereocenters. The van der Waals surface area contributed by atoms with Gasteiger partial charge in [-0.15, -0.1) is 0 Å². The molecular weight excluding hydrogens is 317 g/mol. The highest BCUT2D eigenvalue weighted by atomic mass is 127. The predicted octanol–water partition coefficient (Wildman–Crippen LogP) is 1.79. The Kier molecular flexibility index (Phi) is 3.49. The van der Waals surface area contributed by atoms with Crippen molar-refractivity contribution in [1.82, 2.24) is 5.32 Å². The second kappa shape index (κ2) is 4.71. The number of carbonyl (C=O) groups excluding carboxylic acids is 1. The lowest BCUT2D eigenvalue weighted by atomic mass is 10.1. The first kappa shape index (κ1) is 11.9. The Labute approximate surface area is 108 Å². The van der Waals surface area contributed by atoms with Crippen molar-refractivity contribution in [2.45, 2.75) is 12.8 Å². The van der Waals surface area contributed by atoms with Gasteiger partial charge in [-0.1, -0.05) is 6.07 Å². The van der Waals surface area contributed by atoms with Crippen molar-refractivity contribution in [2.24, 2.45) is 5.41 Å². The van der Waals surface area contributed by atoms with Crippen LogP contribution in [0.5, 0.6) is 0 Å². The molecule has 86 valence electrons. The van der Waals surface area contributed by atoms with Gasteiger partial charge in [0.1, 0.15) is 0 Å². The lowest BCUT2D eigenvalue weighted by molar-refractivity contribution is 0.0935. The van der Waals surface area contributed by atoms with Crippen molar-refractivity contribution >= 4 is 28.5 Å². The van der Waals surface area contributed by atoms with Crippen molar-refractivity contribution in [3.05, 3.63) is 33.4 Å². The van der Waals surface area contributed by atoms with Gasteiger partial charge in [0.15, 0.2) is 0 Å². The predicted molar refractivity (Wildman–Crippen MR) is 70.2 cm³/mol. The van der Waals surface area contributed by atoms with Gasteiger partial charge in [-0.2, -0.15) is 0 Å². The van der Waals surface area contributed by atoms with E-state index in [-0.39, 0.29) is 17.9 Å². The lowest BCUT2D eigenvalue weighted by Gasteiger charge is -2.12. The lowest BCUT2D eigenvalue weighted by Crippen LogP contribution is -2.31. The topological polar surface area (TPSA) is 49.3 Å². The van der Waals surface area contributed by atoms with Crippen LogP contribution < -0.4 is 5.32 Å². The first-order chi connectivity index (χ1) is 7.65. The van der Waals surface area contributed by atoms with E-state index in [4.69, 9.17) is 5.11 Å². The quantitative estimate of drug-likeness (QED) is 0.827. The second-order valence-electron chi connectivity index (χ2n) is 4.35. The van der Waals surface area contributed by atoms with E-state index in [0.717, 1.165) is 16.4 Å². The highest BCUT2D eigenvalue weighted by molar-refractivity contribution is 14.1. The van der Waals surface area contributed by atoms with Crippen molar-refractivity contribution in [1.29, 1.82) is 0 Å². The fraction of sp³-hybridized carbons (Fsp3) is 0.417. The highest BCUT2D eigenvalue weighted by Crippen LogP contribution is 2.44. The molecule has 4 heteroatoms. The first-order valence-electron chi connectivity index (χ1n) is 5.30. The van der Waals surface area contributed by atoms with Crippen LogP contribution in [0.2, 0.25) is 0 Å². The summed E-state index contributed by atoms with van der Waals surface area (Å²) < 4.78 is 1.05. The van der Waals surface area contributed by atoms with Crippen molar-refractivity contribution in [3.63, 3.8) is 0 Å². The summed E-state index contributed by atoms with van der Waals surface area (Å²) in [4.78, 5) is 11.8. The molecule has 0 aromatic heterocycles. The van der Waals surface area contributed by atoms with Crippen molar-refractivity contribution in [2.75, 3.05) is 13.2 Å². The molecule has 0 bridgehead atoms. The number of aliphatic hydroxyl groups is 1. The summed E-state index contributed by atoms with van der Waals surface area (Å²) in [6.07, 6.45) is 2.02. The number of benzene rings is 1. The number of hydrogen-bond acceptors (Lipinski definition) is 2. The molecule has 3 nitrogen and oxygen atoms in total. The summed E-state index contributed by atoms with van der Waals surface area (Å²) in [5, 5.41) is 12.0. The number of nitrogens with one attached hydrogen (secondary N) is 1. The largest absolute Gasteiger partial charge is 0.396 e. The van der Waals surface area contributed by atoms with Gasteiger partial charge in [0.05, 0.1) is 6.61 Å². The van der Waals surface area contributed by atoms with Crippen LogP contribution in [0.1, 0.15) is 23.2 Å². The Morgan fingerprint density at radius 2 is 2.25 bits per heavy atom. The third-order valence-corrected chi connectivity index (χ3v) is 3.67. The molecule has 1 aromatic carbocycles. The fourth-order valence-corrected chi connectivity index (χ4v) is 2.11. The van der Waals surface area contributed by atoms with Crippen LogP contribution in [0, 0.1) is 8.99 Å². The summed E-state index contributed by atoms with van der Waals surface area (Å²) in [6.45, 7) is 0.743. The molecule has 2 rings (SSSR count). The van der Waals surface area contributed by atoms with Crippen LogP contribution in [-0.2, 0) is 0 Å². The standard InChI is InChI=1S/C12H14INO2/c13-10-3-1-2-9(6-10)11(16)14-7-12(8-15)4-5-12/h1-3,6,15H,4-5,7-8H2,(H,14,16). The Bertz CT molecular complexity index is 402. The van der Waals surface area contributed by atoms with Crippen LogP contribution >= 0.6 is 22.6 Å². The number of rotatable bonds is 4. The van der Waals surface area contributed by atoms with Crippen LogP contribution in [0.25, 0.3) is 0 Å². The second-order valence-corrected chi connectivity index (χ2v) is 5.60. The normalized spacial score (nSPS) is 16.9. The summed E-state index contributed by atoms with van der Waals surface area (Å²) in [6, 6.07) is 7.48. The average molecular weight is 331 g/mol. The molecule has 0 aliphatic heterocycles. The smallest absolute Gasteiger partial charge is 0.251 e. The van der Waals surface area contributed by atoms with Crippen molar-refractivity contribution in [3.8, 4) is 0 Å². The Hall–Kier alpha value is -0.620. The SMILES string of the molecule is O=C(NCC1(CO)CC1)c1cccc(I)c1. The molecule has 1 amide bonds. The summed E-state index contributed by atoms with van der Waals surface area (Å²) in [5.41, 5.74) is 0.651. The van der Waals surface area contributed by atoms with E-state index in [1.165, 1.54) is 0 Å². The van der Waals surface area contributed by atoms with Gasteiger partial charge in [0, 0.05) is 21.1 Å². The van der Waals surface area contributed by atoms with Gasteiger partial charge in [0.25, 0.3) is 5.91 Å². The molecule has 1 aromatic rings. The van der Waals surface area contributed by atoms with Crippen molar-refractivity contribution < 1.29 is 9.90 Å². The molecule has 1 aliphatic carbocycles. The van der Waals surface area contributed by atoms with E-state index in [2.05, 4.69) is 27.9 Å². The van der Waals surface area contributed by atoms with E-state index < -0.39 is 0 Å². The third-order valence-electron chi connectivity index (χ3n) is 3.00. The molecule has 0 heterocycles. The number of amides is 1. The Balaban J connectivity index is 1.93. The van der Waals surface area contributed by atoms with Gasteiger partial charge in [0.2, 0.25) is 0 Å². The van der Waals surface area contributed by atoms with Gasteiger partial charge >= 0.3 is 0 Å². The molecule has 1 saturated carbocycles. The molecule has 0 spiro atoms. The Morgan fingerprint density at radius 3 is 2.81 bits per heavy atom. The maximum Gasteiger partial charge on any atom is 0.251 e. The zero-order chi connectivity index (χ0) is 11.6. The number of aliphatic hydroxyl groups excluding tert-OH is 1. The van der Waals surface area contributed by atoms with Crippen LogP contribution in [0.4, 0.5) is 0 Å². The van der Waals surface area contributed by atoms with Crippen LogP contribution in [0.15, 0.2) is 24.3 Å². The van der Waals surface area contributed by atoms with Gasteiger partial charge in [-0.25, -0.2) is 0 Å². The number of hydrogen-bond donors (Lipinski definition) is 2. The minimum atomic E-state index is -0.0572. The molecular formula is C12H14INO2. The molecule has 16 heavy (non-hydrogen) atoms. The summed E-state index contributed by atoms with van der Waals surface area (Å²) in [7, 11) is 0. The van der Waals surface area contributed by atoms with Gasteiger partial charge < -0.3 is 10.4 Å². The molecule has 1 fully saturated rings. The minimum Gasteiger partial charge on any atom is -0.396 e. The maximum absolute atomic E-state index is 11.8. The maximum atomic E-state index is 11.8. The van der Waals surface area contributed by atoms with Gasteiger partial charge in [-0.05, 0) is 53.6 Å². The fourth-order valence-electron chi connectivity index (χ4n) is 1.57. The number of carbonyl (C=O) groups is 1. The summed E-state index contributed by atoms with van der Waals surface area (Å²) in [5.74, 6) is -0.0572. The summed E-state index contributed by atoms with van der Waals surface area (Å²) >= 11 is 2.18. The van der Waals surface area contributed by atoms with E-state index in [1.807, 2.05) is 18.2 Å². The zero-order valence-corrected chi connectivity index (χ0v) is 11.0. The first-order valence-corrected chi connectivity index (χ1v) is 6.38. The molecule has 0 saturated heterocycles. The van der Waals surface area contributed by atoms with E-state index in [1.54, 1.807) is 6.07 Å². The minimum absolute atomic E-state index is 0.0302. The van der Waals surface area contributed by atoms with Crippen LogP contribution in [0.3, 0.4) is 0 Å². The number of halogens is 1. The third kappa shape index (κ3) is 2.74. The van der Waals surface area contributed by atoms with E-state index in [9.17, 15) is 4.79 Å². The van der Waals surface area contributed by atoms with E-state index in [0.29, 0.717) is 12.1 Å². The molecule has 0 unspecified atom stereocenters. The average Bonchev–Trinajstić information content (AvgIpc) is 3.07.